The second-order valence-corrected chi connectivity index (χ2v) is 3.29. The maximum atomic E-state index is 5.67. The molecular formula is C11H14O2. The standard InChI is InChI=1S/C11H14O2/c1-2-6-10(7-3-1)13-11-8-4-5-9-12-11/h2-3,6,11H,4-5,7-9H2. The van der Waals surface area contributed by atoms with Gasteiger partial charge in [-0.3, -0.25) is 0 Å². The van der Waals surface area contributed by atoms with E-state index in [4.69, 9.17) is 9.47 Å². The maximum absolute atomic E-state index is 5.67. The Morgan fingerprint density at radius 2 is 2.46 bits per heavy atom. The van der Waals surface area contributed by atoms with Crippen LogP contribution in [0, 0.1) is 0 Å². The zero-order valence-corrected chi connectivity index (χ0v) is 7.66. The molecule has 0 aromatic heterocycles. The predicted molar refractivity (Wildman–Crippen MR) is 50.0 cm³/mol. The molecule has 1 saturated heterocycles. The highest BCUT2D eigenvalue weighted by Crippen LogP contribution is 2.19. The largest absolute Gasteiger partial charge is 0.469 e. The molecule has 1 unspecified atom stereocenters. The monoisotopic (exact) mass is 178 g/mol. The second kappa shape index (κ2) is 4.31. The molecule has 0 saturated carbocycles. The van der Waals surface area contributed by atoms with E-state index >= 15 is 0 Å². The summed E-state index contributed by atoms with van der Waals surface area (Å²) in [7, 11) is 0. The molecule has 1 heterocycles. The second-order valence-electron chi connectivity index (χ2n) is 3.29. The van der Waals surface area contributed by atoms with Gasteiger partial charge in [0.1, 0.15) is 5.76 Å². The molecular weight excluding hydrogens is 164 g/mol. The van der Waals surface area contributed by atoms with Gasteiger partial charge < -0.3 is 9.47 Å². The highest BCUT2D eigenvalue weighted by Gasteiger charge is 2.15. The fraction of sp³-hybridized carbons (Fsp3) is 0.545. The van der Waals surface area contributed by atoms with Crippen molar-refractivity contribution in [3.63, 3.8) is 0 Å². The summed E-state index contributed by atoms with van der Waals surface area (Å²) in [6, 6.07) is 0. The van der Waals surface area contributed by atoms with Gasteiger partial charge in [0.15, 0.2) is 6.29 Å². The normalized spacial score (nSPS) is 27.1. The number of ether oxygens (including phenoxy) is 2. The van der Waals surface area contributed by atoms with Gasteiger partial charge in [-0.2, -0.15) is 0 Å². The first-order chi connectivity index (χ1) is 6.45. The van der Waals surface area contributed by atoms with E-state index in [1.807, 2.05) is 18.2 Å². The molecule has 1 aliphatic heterocycles. The molecule has 70 valence electrons. The predicted octanol–water partition coefficient (Wildman–Crippen LogP) is 2.53. The smallest absolute Gasteiger partial charge is 0.199 e. The van der Waals surface area contributed by atoms with Gasteiger partial charge in [-0.15, -0.1) is 5.73 Å². The fourth-order valence-electron chi connectivity index (χ4n) is 1.50. The molecule has 0 aromatic rings. The van der Waals surface area contributed by atoms with Crippen LogP contribution in [0.25, 0.3) is 0 Å². The Morgan fingerprint density at radius 1 is 1.46 bits per heavy atom. The summed E-state index contributed by atoms with van der Waals surface area (Å²) in [6.45, 7) is 0.837. The first kappa shape index (κ1) is 8.61. The van der Waals surface area contributed by atoms with Gasteiger partial charge >= 0.3 is 0 Å². The van der Waals surface area contributed by atoms with E-state index in [2.05, 4.69) is 5.73 Å². The van der Waals surface area contributed by atoms with Crippen molar-refractivity contribution < 1.29 is 9.47 Å². The average Bonchev–Trinajstić information content (AvgIpc) is 2.21. The van der Waals surface area contributed by atoms with Gasteiger partial charge in [0, 0.05) is 12.8 Å². The first-order valence-corrected chi connectivity index (χ1v) is 4.83. The van der Waals surface area contributed by atoms with Gasteiger partial charge in [0.25, 0.3) is 0 Å². The quantitative estimate of drug-likeness (QED) is 0.605. The molecule has 1 fully saturated rings. The van der Waals surface area contributed by atoms with Crippen molar-refractivity contribution >= 4 is 0 Å². The van der Waals surface area contributed by atoms with Gasteiger partial charge in [-0.25, -0.2) is 0 Å². The minimum Gasteiger partial charge on any atom is -0.469 e. The van der Waals surface area contributed by atoms with Crippen molar-refractivity contribution in [3.05, 3.63) is 29.7 Å². The van der Waals surface area contributed by atoms with Crippen molar-refractivity contribution in [1.29, 1.82) is 0 Å². The number of hydrogen-bond donors (Lipinski definition) is 0. The van der Waals surface area contributed by atoms with Crippen molar-refractivity contribution in [1.82, 2.24) is 0 Å². The van der Waals surface area contributed by atoms with E-state index in [1.165, 1.54) is 12.8 Å². The van der Waals surface area contributed by atoms with Crippen molar-refractivity contribution in [2.75, 3.05) is 6.61 Å². The molecule has 0 radical (unpaired) electrons. The molecule has 1 atom stereocenters. The number of allylic oxidation sites excluding steroid dienone is 2. The maximum Gasteiger partial charge on any atom is 0.199 e. The van der Waals surface area contributed by atoms with E-state index in [9.17, 15) is 0 Å². The molecule has 13 heavy (non-hydrogen) atoms. The molecule has 1 aliphatic carbocycles. The van der Waals surface area contributed by atoms with Crippen LogP contribution < -0.4 is 0 Å². The Hall–Kier alpha value is -0.980. The van der Waals surface area contributed by atoms with Crippen LogP contribution in [-0.2, 0) is 9.47 Å². The minimum atomic E-state index is -0.0140. The van der Waals surface area contributed by atoms with Crippen LogP contribution >= 0.6 is 0 Å². The summed E-state index contributed by atoms with van der Waals surface area (Å²) < 4.78 is 11.1. The van der Waals surface area contributed by atoms with Crippen LogP contribution in [-0.4, -0.2) is 12.9 Å². The summed E-state index contributed by atoms with van der Waals surface area (Å²) in [5.41, 5.74) is 3.00. The Morgan fingerprint density at radius 3 is 3.15 bits per heavy atom. The molecule has 2 nitrogen and oxygen atoms in total. The minimum absolute atomic E-state index is 0.0140. The van der Waals surface area contributed by atoms with E-state index in [-0.39, 0.29) is 6.29 Å². The highest BCUT2D eigenvalue weighted by molar-refractivity contribution is 5.15. The Labute approximate surface area is 78.5 Å². The lowest BCUT2D eigenvalue weighted by atomic mass is 10.2. The lowest BCUT2D eigenvalue weighted by Crippen LogP contribution is -2.21. The summed E-state index contributed by atoms with van der Waals surface area (Å²) in [5.74, 6) is 0.991. The van der Waals surface area contributed by atoms with Crippen LogP contribution in [0.5, 0.6) is 0 Å². The van der Waals surface area contributed by atoms with E-state index in [0.29, 0.717) is 0 Å². The third-order valence-corrected chi connectivity index (χ3v) is 2.21. The topological polar surface area (TPSA) is 18.5 Å². The van der Waals surface area contributed by atoms with E-state index in [0.717, 1.165) is 25.2 Å². The molecule has 0 spiro atoms. The van der Waals surface area contributed by atoms with Gasteiger partial charge in [0.2, 0.25) is 0 Å². The van der Waals surface area contributed by atoms with Crippen molar-refractivity contribution in [3.8, 4) is 0 Å². The van der Waals surface area contributed by atoms with E-state index in [1.54, 1.807) is 0 Å². The van der Waals surface area contributed by atoms with Gasteiger partial charge in [-0.05, 0) is 31.1 Å². The molecule has 0 bridgehead atoms. The SMILES string of the molecule is C1=CC=C(OC2CCCCO2)CC=1. The molecule has 0 N–H and O–H groups in total. The Kier molecular flexibility index (Phi) is 2.86. The van der Waals surface area contributed by atoms with Crippen LogP contribution in [0.2, 0.25) is 0 Å². The Balaban J connectivity index is 1.83. The molecule has 0 amide bonds. The fourth-order valence-corrected chi connectivity index (χ4v) is 1.50. The first-order valence-electron chi connectivity index (χ1n) is 4.83. The zero-order chi connectivity index (χ0) is 8.93. The third kappa shape index (κ3) is 2.48. The lowest BCUT2D eigenvalue weighted by molar-refractivity contribution is -0.139. The van der Waals surface area contributed by atoms with E-state index < -0.39 is 0 Å². The Bertz CT molecular complexity index is 253. The van der Waals surface area contributed by atoms with Crippen molar-refractivity contribution in [2.45, 2.75) is 32.0 Å². The van der Waals surface area contributed by atoms with Crippen LogP contribution in [0.3, 0.4) is 0 Å². The van der Waals surface area contributed by atoms with Crippen LogP contribution in [0.4, 0.5) is 0 Å². The molecule has 2 rings (SSSR count). The summed E-state index contributed by atoms with van der Waals surface area (Å²) in [6.07, 6.45) is 10.0. The number of rotatable bonds is 2. The highest BCUT2D eigenvalue weighted by atomic mass is 16.7. The summed E-state index contributed by atoms with van der Waals surface area (Å²) in [4.78, 5) is 0. The molecule has 2 heteroatoms. The molecule has 0 aromatic carbocycles. The van der Waals surface area contributed by atoms with Gasteiger partial charge in [-0.1, -0.05) is 0 Å². The zero-order valence-electron chi connectivity index (χ0n) is 7.66. The summed E-state index contributed by atoms with van der Waals surface area (Å²) >= 11 is 0. The third-order valence-electron chi connectivity index (χ3n) is 2.21. The molecule has 2 aliphatic rings. The lowest BCUT2D eigenvalue weighted by Gasteiger charge is -2.24. The number of hydrogen-bond acceptors (Lipinski definition) is 2. The van der Waals surface area contributed by atoms with Gasteiger partial charge in [0.05, 0.1) is 6.61 Å². The van der Waals surface area contributed by atoms with Crippen LogP contribution in [0.1, 0.15) is 25.7 Å². The average molecular weight is 178 g/mol. The van der Waals surface area contributed by atoms with Crippen LogP contribution in [0.15, 0.2) is 29.7 Å². The summed E-state index contributed by atoms with van der Waals surface area (Å²) in [5, 5.41) is 0. The van der Waals surface area contributed by atoms with Crippen molar-refractivity contribution in [2.24, 2.45) is 0 Å².